The molecule has 29 heavy (non-hydrogen) atoms. The van der Waals surface area contributed by atoms with Crippen molar-refractivity contribution < 1.29 is 9.47 Å². The van der Waals surface area contributed by atoms with Crippen molar-refractivity contribution in [3.05, 3.63) is 23.0 Å². The van der Waals surface area contributed by atoms with Gasteiger partial charge in [-0.3, -0.25) is 0 Å². The molecule has 2 aromatic rings. The first-order chi connectivity index (χ1) is 13.9. The average Bonchev–Trinajstić information content (AvgIpc) is 2.72. The predicted octanol–water partition coefficient (Wildman–Crippen LogP) is 4.23. The van der Waals surface area contributed by atoms with Crippen LogP contribution in [0.4, 0.5) is 11.6 Å². The van der Waals surface area contributed by atoms with Gasteiger partial charge in [-0.25, -0.2) is 9.97 Å². The second kappa shape index (κ2) is 10.4. The lowest BCUT2D eigenvalue weighted by atomic mass is 10.1. The number of pyridine rings is 1. The Labute approximate surface area is 174 Å². The molecule has 7 nitrogen and oxygen atoms in total. The molecule has 0 aliphatic carbocycles. The van der Waals surface area contributed by atoms with E-state index in [1.165, 1.54) is 0 Å². The molecule has 0 radical (unpaired) electrons. The minimum atomic E-state index is 0.362. The van der Waals surface area contributed by atoms with E-state index in [0.29, 0.717) is 24.2 Å². The summed E-state index contributed by atoms with van der Waals surface area (Å²) >= 11 is 0. The van der Waals surface area contributed by atoms with Gasteiger partial charge in [0.1, 0.15) is 11.5 Å². The number of rotatable bonds is 10. The van der Waals surface area contributed by atoms with Crippen molar-refractivity contribution in [1.82, 2.24) is 15.0 Å². The van der Waals surface area contributed by atoms with E-state index in [0.717, 1.165) is 53.4 Å². The Morgan fingerprint density at radius 2 is 1.76 bits per heavy atom. The van der Waals surface area contributed by atoms with Crippen molar-refractivity contribution in [3.8, 4) is 17.1 Å². The van der Waals surface area contributed by atoms with E-state index in [-0.39, 0.29) is 0 Å². The van der Waals surface area contributed by atoms with Crippen LogP contribution in [0.2, 0.25) is 0 Å². The molecule has 0 saturated carbocycles. The van der Waals surface area contributed by atoms with Gasteiger partial charge in [0.25, 0.3) is 0 Å². The number of aromatic nitrogens is 3. The first-order valence-corrected chi connectivity index (χ1v) is 10.3. The lowest BCUT2D eigenvalue weighted by Crippen LogP contribution is -2.20. The first kappa shape index (κ1) is 22.9. The topological polar surface area (TPSA) is 72.4 Å². The van der Waals surface area contributed by atoms with Crippen LogP contribution in [0.5, 0.6) is 5.88 Å². The third kappa shape index (κ3) is 5.15. The second-order valence-electron chi connectivity index (χ2n) is 7.32. The molecular weight excluding hydrogens is 366 g/mol. The third-order valence-electron chi connectivity index (χ3n) is 5.04. The van der Waals surface area contributed by atoms with Crippen LogP contribution >= 0.6 is 0 Å². The van der Waals surface area contributed by atoms with Crippen LogP contribution in [0.3, 0.4) is 0 Å². The molecule has 2 rings (SSSR count). The van der Waals surface area contributed by atoms with E-state index in [4.69, 9.17) is 24.4 Å². The molecule has 2 aromatic heterocycles. The fourth-order valence-corrected chi connectivity index (χ4v) is 3.34. The van der Waals surface area contributed by atoms with E-state index in [9.17, 15) is 0 Å². The zero-order valence-corrected chi connectivity index (χ0v) is 19.1. The first-order valence-electron chi connectivity index (χ1n) is 10.3. The Morgan fingerprint density at radius 1 is 1.07 bits per heavy atom. The fourth-order valence-electron chi connectivity index (χ4n) is 3.34. The lowest BCUT2D eigenvalue weighted by Gasteiger charge is -2.21. The van der Waals surface area contributed by atoms with Gasteiger partial charge in [-0.05, 0) is 32.3 Å². The molecule has 0 aromatic carbocycles. The molecule has 0 atom stereocenters. The highest BCUT2D eigenvalue weighted by atomic mass is 16.5. The molecule has 0 unspecified atom stereocenters. The molecule has 0 fully saturated rings. The SMILES string of the molecule is CCc1nc(-c2cc(COC)c(N(C)C)nc2C)c(OC)nc1NC(CC)CC. The number of anilines is 2. The van der Waals surface area contributed by atoms with Gasteiger partial charge < -0.3 is 19.7 Å². The van der Waals surface area contributed by atoms with Crippen LogP contribution in [0.1, 0.15) is 50.6 Å². The maximum absolute atomic E-state index is 5.64. The molecule has 2 heterocycles. The highest BCUT2D eigenvalue weighted by Gasteiger charge is 2.20. The molecule has 0 aliphatic heterocycles. The maximum atomic E-state index is 5.64. The van der Waals surface area contributed by atoms with Crippen LogP contribution in [-0.4, -0.2) is 49.3 Å². The Hall–Kier alpha value is -2.41. The Balaban J connectivity index is 2.63. The van der Waals surface area contributed by atoms with Crippen LogP contribution in [-0.2, 0) is 17.8 Å². The van der Waals surface area contributed by atoms with Gasteiger partial charge in [0.15, 0.2) is 5.82 Å². The van der Waals surface area contributed by atoms with Crippen LogP contribution in [0.25, 0.3) is 11.3 Å². The molecule has 160 valence electrons. The van der Waals surface area contributed by atoms with Crippen molar-refractivity contribution in [3.63, 3.8) is 0 Å². The van der Waals surface area contributed by atoms with Gasteiger partial charge >= 0.3 is 0 Å². The molecule has 0 bridgehead atoms. The summed E-state index contributed by atoms with van der Waals surface area (Å²) in [6.07, 6.45) is 2.83. The smallest absolute Gasteiger partial charge is 0.242 e. The van der Waals surface area contributed by atoms with E-state index in [1.807, 2.05) is 25.9 Å². The van der Waals surface area contributed by atoms with Gasteiger partial charge in [0.05, 0.1) is 19.4 Å². The fraction of sp³-hybridized carbons (Fsp3) is 0.591. The van der Waals surface area contributed by atoms with Crippen molar-refractivity contribution in [2.24, 2.45) is 0 Å². The Bertz CT molecular complexity index is 819. The Kier molecular flexibility index (Phi) is 8.20. The second-order valence-corrected chi connectivity index (χ2v) is 7.32. The molecule has 0 saturated heterocycles. The van der Waals surface area contributed by atoms with Gasteiger partial charge in [-0.15, -0.1) is 0 Å². The summed E-state index contributed by atoms with van der Waals surface area (Å²) in [5.74, 6) is 2.19. The van der Waals surface area contributed by atoms with Crippen molar-refractivity contribution >= 4 is 11.6 Å². The molecule has 0 amide bonds. The average molecular weight is 402 g/mol. The normalized spacial score (nSPS) is 11.1. The monoisotopic (exact) mass is 401 g/mol. The number of nitrogens with one attached hydrogen (secondary N) is 1. The van der Waals surface area contributed by atoms with Gasteiger partial charge in [0.2, 0.25) is 5.88 Å². The van der Waals surface area contributed by atoms with Gasteiger partial charge in [-0.2, -0.15) is 4.98 Å². The van der Waals surface area contributed by atoms with Crippen molar-refractivity contribution in [2.75, 3.05) is 38.5 Å². The summed E-state index contributed by atoms with van der Waals surface area (Å²) < 4.78 is 11.0. The minimum absolute atomic E-state index is 0.362. The number of hydrogen-bond acceptors (Lipinski definition) is 7. The number of ether oxygens (including phenoxy) is 2. The summed E-state index contributed by atoms with van der Waals surface area (Å²) in [4.78, 5) is 16.5. The standard InChI is InChI=1S/C22H35N5O2/c1-9-16(10-2)24-20-18(11-3)25-19(22(26-20)29-8)17-12-15(13-28-7)21(27(5)6)23-14(17)4/h12,16H,9-11,13H2,1-8H3,(H,24,26). The molecule has 1 N–H and O–H groups in total. The summed E-state index contributed by atoms with van der Waals surface area (Å²) in [5.41, 5.74) is 4.43. The third-order valence-corrected chi connectivity index (χ3v) is 5.04. The molecule has 0 spiro atoms. The highest BCUT2D eigenvalue weighted by molar-refractivity contribution is 5.71. The summed E-state index contributed by atoms with van der Waals surface area (Å²) in [6.45, 7) is 8.89. The largest absolute Gasteiger partial charge is 0.479 e. The highest BCUT2D eigenvalue weighted by Crippen LogP contribution is 2.34. The van der Waals surface area contributed by atoms with E-state index < -0.39 is 0 Å². The predicted molar refractivity (Wildman–Crippen MR) is 119 cm³/mol. The van der Waals surface area contributed by atoms with Gasteiger partial charge in [0, 0.05) is 44.1 Å². The lowest BCUT2D eigenvalue weighted by molar-refractivity contribution is 0.185. The van der Waals surface area contributed by atoms with Crippen molar-refractivity contribution in [1.29, 1.82) is 0 Å². The van der Waals surface area contributed by atoms with E-state index in [2.05, 4.69) is 32.2 Å². The van der Waals surface area contributed by atoms with Crippen LogP contribution in [0, 0.1) is 6.92 Å². The van der Waals surface area contributed by atoms with E-state index >= 15 is 0 Å². The summed E-state index contributed by atoms with van der Waals surface area (Å²) in [5, 5.41) is 3.53. The zero-order chi connectivity index (χ0) is 21.6. The number of methoxy groups -OCH3 is 2. The summed E-state index contributed by atoms with van der Waals surface area (Å²) in [6, 6.07) is 2.45. The van der Waals surface area contributed by atoms with E-state index in [1.54, 1.807) is 14.2 Å². The quantitative estimate of drug-likeness (QED) is 0.638. The van der Waals surface area contributed by atoms with Crippen molar-refractivity contribution in [2.45, 2.75) is 59.6 Å². The molecular formula is C22H35N5O2. The summed E-state index contributed by atoms with van der Waals surface area (Å²) in [7, 11) is 7.28. The number of nitrogens with zero attached hydrogens (tertiary/aromatic N) is 4. The van der Waals surface area contributed by atoms with Crippen LogP contribution in [0.15, 0.2) is 6.07 Å². The molecule has 7 heteroatoms. The number of aryl methyl sites for hydroxylation is 2. The van der Waals surface area contributed by atoms with Gasteiger partial charge in [-0.1, -0.05) is 20.8 Å². The zero-order valence-electron chi connectivity index (χ0n) is 19.1. The molecule has 0 aliphatic rings. The maximum Gasteiger partial charge on any atom is 0.242 e. The van der Waals surface area contributed by atoms with Crippen LogP contribution < -0.4 is 15.0 Å². The Morgan fingerprint density at radius 3 is 2.28 bits per heavy atom. The number of hydrogen-bond donors (Lipinski definition) is 1. The minimum Gasteiger partial charge on any atom is -0.479 e.